The van der Waals surface area contributed by atoms with Crippen molar-refractivity contribution in [1.82, 2.24) is 9.62 Å². The zero-order valence-corrected chi connectivity index (χ0v) is 26.4. The predicted octanol–water partition coefficient (Wildman–Crippen LogP) is 4.52. The molecule has 1 heterocycles. The fourth-order valence-electron chi connectivity index (χ4n) is 4.15. The van der Waals surface area contributed by atoms with E-state index in [9.17, 15) is 32.0 Å². The van der Waals surface area contributed by atoms with Crippen molar-refractivity contribution in [2.75, 3.05) is 27.2 Å². The van der Waals surface area contributed by atoms with E-state index in [1.54, 1.807) is 0 Å². The van der Waals surface area contributed by atoms with Gasteiger partial charge in [0.2, 0.25) is 10.0 Å². The van der Waals surface area contributed by atoms with Crippen LogP contribution in [0.3, 0.4) is 0 Å². The molecule has 4 rings (SSSR count). The Bertz CT molecular complexity index is 1650. The molecular formula is C29H29Cl2F2N3O8S. The molecule has 1 atom stereocenters. The number of alkyl halides is 2. The van der Waals surface area contributed by atoms with Crippen LogP contribution in [-0.4, -0.2) is 59.1 Å². The van der Waals surface area contributed by atoms with Crippen LogP contribution in [0.2, 0.25) is 10.0 Å². The molecule has 0 radical (unpaired) electrons. The average molecular weight is 689 g/mol. The van der Waals surface area contributed by atoms with Crippen molar-refractivity contribution in [3.05, 3.63) is 86.8 Å². The number of esters is 1. The van der Waals surface area contributed by atoms with Crippen molar-refractivity contribution >= 4 is 45.1 Å². The number of carbonyl (C=O) groups is 2. The molecule has 3 aromatic rings. The lowest BCUT2D eigenvalue weighted by atomic mass is 10.0. The van der Waals surface area contributed by atoms with Crippen LogP contribution in [-0.2, 0) is 26.0 Å². The van der Waals surface area contributed by atoms with Gasteiger partial charge in [0, 0.05) is 31.6 Å². The average Bonchev–Trinajstić information content (AvgIpc) is 3.81. The summed E-state index contributed by atoms with van der Waals surface area (Å²) in [6.07, 6.45) is 2.60. The highest BCUT2D eigenvalue weighted by molar-refractivity contribution is 7.89. The molecule has 1 aliphatic rings. The maximum absolute atomic E-state index is 13.1. The molecule has 0 spiro atoms. The Balaban J connectivity index is 1.59. The maximum atomic E-state index is 13.1. The summed E-state index contributed by atoms with van der Waals surface area (Å²) in [7, 11) is -1.22. The molecule has 0 saturated heterocycles. The van der Waals surface area contributed by atoms with E-state index in [2.05, 4.69) is 9.46 Å². The third-order valence-corrected chi connectivity index (χ3v) is 8.70. The van der Waals surface area contributed by atoms with Crippen molar-refractivity contribution in [2.24, 2.45) is 5.92 Å². The number of ether oxygens (including phenoxy) is 3. The van der Waals surface area contributed by atoms with Crippen LogP contribution in [0.1, 0.15) is 40.4 Å². The van der Waals surface area contributed by atoms with Gasteiger partial charge in [0.25, 0.3) is 5.91 Å². The second-order valence-electron chi connectivity index (χ2n) is 10.4. The van der Waals surface area contributed by atoms with Crippen LogP contribution < -0.4 is 18.9 Å². The van der Waals surface area contributed by atoms with Gasteiger partial charge in [-0.1, -0.05) is 35.3 Å². The van der Waals surface area contributed by atoms with Gasteiger partial charge < -0.3 is 24.3 Å². The lowest BCUT2D eigenvalue weighted by Crippen LogP contribution is -2.32. The van der Waals surface area contributed by atoms with Gasteiger partial charge in [-0.05, 0) is 54.7 Å². The standard InChI is InChI=1S/C29H29Cl2F2N3O8S/c1-35(2)28(38)19-4-3-5-20(10-19)45(40,41)34-13-27(37)43-25(12-21-22(30)14-36(39)15-23(21)31)18-8-9-24(44-29(32)33)26(11-18)42-16-17-6-7-17/h3-5,8-11,14-15,17,25,29,34H,6-7,12-13,16H2,1-2H3/t25-/m0/s1. The summed E-state index contributed by atoms with van der Waals surface area (Å²) in [5.41, 5.74) is 0.625. The largest absolute Gasteiger partial charge is 0.619 e. The minimum Gasteiger partial charge on any atom is -0.619 e. The predicted molar refractivity (Wildman–Crippen MR) is 159 cm³/mol. The smallest absolute Gasteiger partial charge is 0.387 e. The van der Waals surface area contributed by atoms with Crippen molar-refractivity contribution in [1.29, 1.82) is 0 Å². The first kappa shape index (κ1) is 34.2. The lowest BCUT2D eigenvalue weighted by molar-refractivity contribution is -0.605. The SMILES string of the molecule is CN(C)C(=O)c1cccc(S(=O)(=O)NCC(=O)O[C@@H](Cc2c(Cl)c[n+]([O-])cc2Cl)c2ccc(OC(F)F)c(OCC3CC3)c2)c1. The lowest BCUT2D eigenvalue weighted by Gasteiger charge is -2.21. The van der Waals surface area contributed by atoms with Crippen LogP contribution >= 0.6 is 23.2 Å². The van der Waals surface area contributed by atoms with Crippen molar-refractivity contribution < 1.29 is 45.7 Å². The molecule has 1 saturated carbocycles. The van der Waals surface area contributed by atoms with Gasteiger partial charge in [0.1, 0.15) is 22.7 Å². The molecule has 1 amide bonds. The van der Waals surface area contributed by atoms with Crippen molar-refractivity contribution in [3.8, 4) is 11.5 Å². The summed E-state index contributed by atoms with van der Waals surface area (Å²) < 4.78 is 70.6. The summed E-state index contributed by atoms with van der Waals surface area (Å²) in [5, 5.41) is 11.7. The second-order valence-corrected chi connectivity index (χ2v) is 12.9. The van der Waals surface area contributed by atoms with Crippen LogP contribution in [0.4, 0.5) is 8.78 Å². The molecule has 0 bridgehead atoms. The van der Waals surface area contributed by atoms with Gasteiger partial charge in [-0.25, -0.2) is 8.42 Å². The highest BCUT2D eigenvalue weighted by Crippen LogP contribution is 2.37. The van der Waals surface area contributed by atoms with E-state index in [1.165, 1.54) is 61.5 Å². The van der Waals surface area contributed by atoms with Crippen molar-refractivity contribution in [2.45, 2.75) is 36.9 Å². The Morgan fingerprint density at radius 2 is 1.78 bits per heavy atom. The molecule has 1 aliphatic carbocycles. The molecule has 16 heteroatoms. The zero-order chi connectivity index (χ0) is 32.9. The summed E-state index contributed by atoms with van der Waals surface area (Å²) in [6, 6.07) is 9.25. The van der Waals surface area contributed by atoms with Gasteiger partial charge in [-0.15, -0.1) is 0 Å². The molecule has 1 N–H and O–H groups in total. The Kier molecular flexibility index (Phi) is 11.1. The third kappa shape index (κ3) is 9.39. The third-order valence-electron chi connectivity index (χ3n) is 6.65. The zero-order valence-electron chi connectivity index (χ0n) is 24.0. The van der Waals surface area contributed by atoms with E-state index in [1.807, 2.05) is 0 Å². The molecule has 242 valence electrons. The molecule has 1 aromatic heterocycles. The van der Waals surface area contributed by atoms with E-state index < -0.39 is 41.2 Å². The van der Waals surface area contributed by atoms with Crippen LogP contribution in [0, 0.1) is 11.1 Å². The number of nitrogens with one attached hydrogen (secondary N) is 1. The summed E-state index contributed by atoms with van der Waals surface area (Å²) in [6.45, 7) is -3.67. The fourth-order valence-corrected chi connectivity index (χ4v) is 5.77. The van der Waals surface area contributed by atoms with E-state index in [0.717, 1.165) is 25.2 Å². The summed E-state index contributed by atoms with van der Waals surface area (Å²) in [4.78, 5) is 26.3. The number of hydrogen-bond donors (Lipinski definition) is 1. The molecule has 0 aliphatic heterocycles. The Morgan fingerprint density at radius 3 is 2.40 bits per heavy atom. The Morgan fingerprint density at radius 1 is 1.09 bits per heavy atom. The Labute approximate surface area is 268 Å². The number of pyridine rings is 1. The van der Waals surface area contributed by atoms with Crippen LogP contribution in [0.15, 0.2) is 59.8 Å². The molecule has 2 aromatic carbocycles. The van der Waals surface area contributed by atoms with Gasteiger partial charge in [0.05, 0.1) is 11.5 Å². The number of rotatable bonds is 14. The highest BCUT2D eigenvalue weighted by Gasteiger charge is 2.27. The number of sulfonamides is 1. The number of hydrogen-bond acceptors (Lipinski definition) is 8. The quantitative estimate of drug-likeness (QED) is 0.148. The summed E-state index contributed by atoms with van der Waals surface area (Å²) >= 11 is 12.5. The first-order valence-corrected chi connectivity index (χ1v) is 15.8. The minimum atomic E-state index is -4.26. The highest BCUT2D eigenvalue weighted by atomic mass is 35.5. The van der Waals surface area contributed by atoms with Crippen LogP contribution in [0.5, 0.6) is 11.5 Å². The first-order valence-electron chi connectivity index (χ1n) is 13.5. The maximum Gasteiger partial charge on any atom is 0.387 e. The normalized spacial score (nSPS) is 13.8. The monoisotopic (exact) mass is 687 g/mol. The van der Waals surface area contributed by atoms with E-state index in [4.69, 9.17) is 32.7 Å². The number of aromatic nitrogens is 1. The fraction of sp³-hybridized carbons (Fsp3) is 0.345. The number of amides is 1. The van der Waals surface area contributed by atoms with Gasteiger partial charge in [-0.2, -0.15) is 18.2 Å². The van der Waals surface area contributed by atoms with Gasteiger partial charge >= 0.3 is 12.6 Å². The number of nitrogens with zero attached hydrogens (tertiary/aromatic N) is 2. The first-order chi connectivity index (χ1) is 21.2. The molecule has 1 fully saturated rings. The molecular weight excluding hydrogens is 659 g/mol. The molecule has 0 unspecified atom stereocenters. The second kappa shape index (κ2) is 14.6. The summed E-state index contributed by atoms with van der Waals surface area (Å²) in [5.74, 6) is -1.40. The number of halogens is 4. The molecule has 11 nitrogen and oxygen atoms in total. The van der Waals surface area contributed by atoms with E-state index >= 15 is 0 Å². The van der Waals surface area contributed by atoms with Gasteiger partial charge in [-0.3, -0.25) is 9.59 Å². The van der Waals surface area contributed by atoms with E-state index in [0.29, 0.717) is 4.73 Å². The topological polar surface area (TPSA) is 138 Å². The Hall–Kier alpha value is -3.72. The number of carbonyl (C=O) groups excluding carboxylic acids is 2. The van der Waals surface area contributed by atoms with Crippen LogP contribution in [0.25, 0.3) is 0 Å². The number of benzene rings is 2. The van der Waals surface area contributed by atoms with E-state index in [-0.39, 0.29) is 62.1 Å². The molecule has 45 heavy (non-hydrogen) atoms. The van der Waals surface area contributed by atoms with Gasteiger partial charge in [0.15, 0.2) is 23.9 Å². The van der Waals surface area contributed by atoms with Crippen molar-refractivity contribution in [3.63, 3.8) is 0 Å². The minimum absolute atomic E-state index is 0.0174.